The highest BCUT2D eigenvalue weighted by molar-refractivity contribution is 9.10. The minimum absolute atomic E-state index is 0.0482. The normalized spacial score (nSPS) is 24.8. The third-order valence-corrected chi connectivity index (χ3v) is 8.69. The molecular formula is C21H26BrN3O3S. The standard InChI is InChI=1S/C21H26BrN3O3S/c22-18-8-4-5-9-21(18)29(27,28)25-12-10-24(11-13-25)19-15-23(16-20(19)26)14-17-6-2-1-3-7-17/h1-9,19-20,26H,10-16H2/t19-,20-/m1/s1. The van der Waals surface area contributed by atoms with Crippen molar-refractivity contribution in [3.8, 4) is 0 Å². The lowest BCUT2D eigenvalue weighted by Gasteiger charge is -2.38. The fraction of sp³-hybridized carbons (Fsp3) is 0.429. The number of sulfonamides is 1. The molecular weight excluding hydrogens is 454 g/mol. The molecule has 2 fully saturated rings. The van der Waals surface area contributed by atoms with Gasteiger partial charge < -0.3 is 5.11 Å². The van der Waals surface area contributed by atoms with Crippen molar-refractivity contribution in [3.63, 3.8) is 0 Å². The molecule has 0 bridgehead atoms. The first kappa shape index (κ1) is 21.0. The fourth-order valence-electron chi connectivity index (χ4n) is 4.25. The van der Waals surface area contributed by atoms with Gasteiger partial charge in [-0.3, -0.25) is 9.80 Å². The predicted octanol–water partition coefficient (Wildman–Crippen LogP) is 2.00. The molecule has 0 radical (unpaired) electrons. The molecule has 0 spiro atoms. The van der Waals surface area contributed by atoms with E-state index < -0.39 is 16.1 Å². The van der Waals surface area contributed by atoms with Crippen molar-refractivity contribution in [2.75, 3.05) is 39.3 Å². The Labute approximate surface area is 180 Å². The number of halogens is 1. The number of hydrogen-bond donors (Lipinski definition) is 1. The van der Waals surface area contributed by atoms with Gasteiger partial charge in [-0.05, 0) is 33.6 Å². The Morgan fingerprint density at radius 1 is 0.931 bits per heavy atom. The molecule has 156 valence electrons. The molecule has 0 saturated carbocycles. The Morgan fingerprint density at radius 2 is 1.59 bits per heavy atom. The zero-order valence-corrected chi connectivity index (χ0v) is 18.6. The highest BCUT2D eigenvalue weighted by atomic mass is 79.9. The van der Waals surface area contributed by atoms with Crippen molar-refractivity contribution < 1.29 is 13.5 Å². The number of rotatable bonds is 5. The van der Waals surface area contributed by atoms with Crippen LogP contribution < -0.4 is 0 Å². The summed E-state index contributed by atoms with van der Waals surface area (Å²) in [6, 6.07) is 17.3. The van der Waals surface area contributed by atoms with Crippen LogP contribution in [0, 0.1) is 0 Å². The maximum absolute atomic E-state index is 13.0. The second-order valence-corrected chi connectivity index (χ2v) is 10.4. The van der Waals surface area contributed by atoms with Crippen LogP contribution in [0.1, 0.15) is 5.56 Å². The summed E-state index contributed by atoms with van der Waals surface area (Å²) in [6.07, 6.45) is -0.412. The monoisotopic (exact) mass is 479 g/mol. The molecule has 6 nitrogen and oxygen atoms in total. The van der Waals surface area contributed by atoms with E-state index in [4.69, 9.17) is 0 Å². The van der Waals surface area contributed by atoms with E-state index in [2.05, 4.69) is 37.9 Å². The molecule has 4 rings (SSSR count). The first-order chi connectivity index (χ1) is 13.9. The number of aliphatic hydroxyl groups excluding tert-OH is 1. The zero-order valence-electron chi connectivity index (χ0n) is 16.2. The Hall–Kier alpha value is -1.29. The number of aliphatic hydroxyl groups is 1. The average molecular weight is 480 g/mol. The van der Waals surface area contributed by atoms with Crippen LogP contribution in [0.3, 0.4) is 0 Å². The first-order valence-electron chi connectivity index (χ1n) is 9.88. The van der Waals surface area contributed by atoms with Crippen LogP contribution in [0.15, 0.2) is 64.0 Å². The molecule has 1 N–H and O–H groups in total. The number of hydrogen-bond acceptors (Lipinski definition) is 5. The van der Waals surface area contributed by atoms with Crippen LogP contribution in [0.4, 0.5) is 0 Å². The van der Waals surface area contributed by atoms with Crippen LogP contribution in [-0.4, -0.2) is 79.0 Å². The molecule has 0 unspecified atom stereocenters. The molecule has 2 aliphatic heterocycles. The Kier molecular flexibility index (Phi) is 6.38. The van der Waals surface area contributed by atoms with E-state index in [0.29, 0.717) is 42.1 Å². The van der Waals surface area contributed by atoms with Crippen molar-refractivity contribution in [2.45, 2.75) is 23.6 Å². The summed E-state index contributed by atoms with van der Waals surface area (Å²) in [5, 5.41) is 10.6. The highest BCUT2D eigenvalue weighted by Crippen LogP contribution is 2.27. The third kappa shape index (κ3) is 4.57. The molecule has 0 aliphatic carbocycles. The van der Waals surface area contributed by atoms with E-state index >= 15 is 0 Å². The van der Waals surface area contributed by atoms with Gasteiger partial charge in [0, 0.05) is 56.3 Å². The van der Waals surface area contributed by atoms with E-state index in [1.807, 2.05) is 24.3 Å². The number of benzene rings is 2. The molecule has 2 heterocycles. The molecule has 29 heavy (non-hydrogen) atoms. The summed E-state index contributed by atoms with van der Waals surface area (Å²) in [6.45, 7) is 4.40. The van der Waals surface area contributed by atoms with Gasteiger partial charge in [-0.15, -0.1) is 0 Å². The molecule has 0 aromatic heterocycles. The van der Waals surface area contributed by atoms with Gasteiger partial charge in [-0.25, -0.2) is 8.42 Å². The van der Waals surface area contributed by atoms with Gasteiger partial charge in [0.2, 0.25) is 10.0 Å². The lowest BCUT2D eigenvalue weighted by molar-refractivity contribution is 0.0618. The largest absolute Gasteiger partial charge is 0.390 e. The van der Waals surface area contributed by atoms with Crippen molar-refractivity contribution in [1.29, 1.82) is 0 Å². The number of likely N-dealkylation sites (tertiary alicyclic amines) is 1. The number of β-amino-alcohol motifs (C(OH)–C–C–N with tert-alkyl or cyclic N) is 1. The number of nitrogens with zero attached hydrogens (tertiary/aromatic N) is 3. The van der Waals surface area contributed by atoms with Gasteiger partial charge in [-0.2, -0.15) is 4.31 Å². The fourth-order valence-corrected chi connectivity index (χ4v) is 6.63. The topological polar surface area (TPSA) is 64.1 Å². The molecule has 2 atom stereocenters. The van der Waals surface area contributed by atoms with Gasteiger partial charge in [0.15, 0.2) is 0 Å². The van der Waals surface area contributed by atoms with Gasteiger partial charge >= 0.3 is 0 Å². The van der Waals surface area contributed by atoms with E-state index in [-0.39, 0.29) is 6.04 Å². The summed E-state index contributed by atoms with van der Waals surface area (Å²) >= 11 is 3.35. The van der Waals surface area contributed by atoms with Crippen LogP contribution in [0.5, 0.6) is 0 Å². The lowest BCUT2D eigenvalue weighted by Crippen LogP contribution is -2.54. The summed E-state index contributed by atoms with van der Waals surface area (Å²) in [7, 11) is -3.52. The zero-order chi connectivity index (χ0) is 20.4. The van der Waals surface area contributed by atoms with E-state index in [1.54, 1.807) is 22.5 Å². The van der Waals surface area contributed by atoms with E-state index in [0.717, 1.165) is 13.1 Å². The Bertz CT molecular complexity index is 933. The average Bonchev–Trinajstić information content (AvgIpc) is 3.09. The van der Waals surface area contributed by atoms with Gasteiger partial charge in [0.05, 0.1) is 11.0 Å². The van der Waals surface area contributed by atoms with Crippen molar-refractivity contribution in [2.24, 2.45) is 0 Å². The molecule has 2 aromatic carbocycles. The first-order valence-corrected chi connectivity index (χ1v) is 12.1. The Morgan fingerprint density at radius 3 is 2.28 bits per heavy atom. The van der Waals surface area contributed by atoms with Crippen LogP contribution in [0.2, 0.25) is 0 Å². The van der Waals surface area contributed by atoms with Gasteiger partial charge in [0.25, 0.3) is 0 Å². The van der Waals surface area contributed by atoms with E-state index in [1.165, 1.54) is 5.56 Å². The molecule has 0 amide bonds. The predicted molar refractivity (Wildman–Crippen MR) is 116 cm³/mol. The summed E-state index contributed by atoms with van der Waals surface area (Å²) < 4.78 is 28.1. The Balaban J connectivity index is 1.36. The molecule has 2 saturated heterocycles. The molecule has 8 heteroatoms. The van der Waals surface area contributed by atoms with E-state index in [9.17, 15) is 13.5 Å². The second kappa shape index (κ2) is 8.83. The van der Waals surface area contributed by atoms with Gasteiger partial charge in [0.1, 0.15) is 0 Å². The lowest BCUT2D eigenvalue weighted by atomic mass is 10.1. The summed E-state index contributed by atoms with van der Waals surface area (Å²) in [5.41, 5.74) is 1.24. The quantitative estimate of drug-likeness (QED) is 0.710. The second-order valence-electron chi connectivity index (χ2n) is 7.68. The van der Waals surface area contributed by atoms with Crippen LogP contribution >= 0.6 is 15.9 Å². The summed E-state index contributed by atoms with van der Waals surface area (Å²) in [5.74, 6) is 0. The molecule has 2 aliphatic rings. The molecule has 2 aromatic rings. The van der Waals surface area contributed by atoms with Crippen molar-refractivity contribution in [3.05, 3.63) is 64.6 Å². The highest BCUT2D eigenvalue weighted by Gasteiger charge is 2.38. The third-order valence-electron chi connectivity index (χ3n) is 5.78. The van der Waals surface area contributed by atoms with Gasteiger partial charge in [-0.1, -0.05) is 42.5 Å². The number of piperazine rings is 1. The smallest absolute Gasteiger partial charge is 0.244 e. The minimum atomic E-state index is -3.52. The van der Waals surface area contributed by atoms with Crippen LogP contribution in [0.25, 0.3) is 0 Å². The maximum atomic E-state index is 13.0. The minimum Gasteiger partial charge on any atom is -0.390 e. The van der Waals surface area contributed by atoms with Crippen molar-refractivity contribution >= 4 is 26.0 Å². The van der Waals surface area contributed by atoms with Crippen molar-refractivity contribution in [1.82, 2.24) is 14.1 Å². The maximum Gasteiger partial charge on any atom is 0.244 e. The van der Waals surface area contributed by atoms with Crippen LogP contribution in [-0.2, 0) is 16.6 Å². The SMILES string of the molecule is O=S(=O)(c1ccccc1Br)N1CCN([C@@H]2CN(Cc3ccccc3)C[C@H]2O)CC1. The summed E-state index contributed by atoms with van der Waals surface area (Å²) in [4.78, 5) is 4.82.